The third kappa shape index (κ3) is 4.31. The van der Waals surface area contributed by atoms with Crippen LogP contribution >= 0.6 is 11.9 Å². The van der Waals surface area contributed by atoms with Gasteiger partial charge in [0, 0.05) is 31.1 Å². The third-order valence-corrected chi connectivity index (χ3v) is 6.58. The van der Waals surface area contributed by atoms with Crippen molar-refractivity contribution in [3.63, 3.8) is 0 Å². The normalized spacial score (nSPS) is 14.2. The molecule has 4 rings (SSSR count). The van der Waals surface area contributed by atoms with Crippen LogP contribution in [-0.2, 0) is 10.2 Å². The van der Waals surface area contributed by atoms with Crippen molar-refractivity contribution in [3.05, 3.63) is 70.6 Å². The van der Waals surface area contributed by atoms with E-state index >= 15 is 0 Å². The smallest absolute Gasteiger partial charge is 0.251 e. The number of aromatic amines is 1. The van der Waals surface area contributed by atoms with Crippen LogP contribution in [0.15, 0.2) is 64.4 Å². The van der Waals surface area contributed by atoms with E-state index in [1.54, 1.807) is 20.2 Å². The van der Waals surface area contributed by atoms with Crippen LogP contribution in [0.5, 0.6) is 17.2 Å². The summed E-state index contributed by atoms with van der Waals surface area (Å²) in [5, 5.41) is 3.20. The summed E-state index contributed by atoms with van der Waals surface area (Å²) in [6, 6.07) is 14.6. The van der Waals surface area contributed by atoms with Gasteiger partial charge in [0.25, 0.3) is 5.56 Å². The van der Waals surface area contributed by atoms with Gasteiger partial charge in [-0.3, -0.25) is 4.79 Å². The second kappa shape index (κ2) is 9.40. The topological polar surface area (TPSA) is 92.4 Å². The molecule has 2 aromatic carbocycles. The first-order chi connectivity index (χ1) is 15.6. The van der Waals surface area contributed by atoms with Crippen molar-refractivity contribution in [1.82, 2.24) is 4.98 Å². The number of para-hydroxylation sites is 1. The van der Waals surface area contributed by atoms with Crippen LogP contribution in [0.25, 0.3) is 0 Å². The van der Waals surface area contributed by atoms with E-state index in [0.29, 0.717) is 11.5 Å². The van der Waals surface area contributed by atoms with Crippen molar-refractivity contribution < 1.29 is 14.3 Å². The SMILES string of the molecule is CNc1c(Oc2cc[nH]c(=O)c2)cc(NSc2ccccc2OC)cc1C1(C=O)CCC1. The number of carbonyl (C=O) groups is 1. The lowest BCUT2D eigenvalue weighted by molar-refractivity contribution is -0.115. The molecule has 1 saturated carbocycles. The third-order valence-electron chi connectivity index (χ3n) is 5.68. The number of hydrogen-bond acceptors (Lipinski definition) is 7. The van der Waals surface area contributed by atoms with E-state index in [1.165, 1.54) is 24.2 Å². The maximum Gasteiger partial charge on any atom is 0.251 e. The summed E-state index contributed by atoms with van der Waals surface area (Å²) in [6.45, 7) is 0. The minimum absolute atomic E-state index is 0.252. The van der Waals surface area contributed by atoms with Crippen molar-refractivity contribution in [2.45, 2.75) is 29.6 Å². The average Bonchev–Trinajstić information content (AvgIpc) is 2.77. The molecule has 0 saturated heterocycles. The Morgan fingerprint density at radius 2 is 1.94 bits per heavy atom. The standard InChI is InChI=1S/C24H25N3O4S/c1-25-23-18(24(15-28)9-5-10-24)12-16(27-32-21-7-4-3-6-19(21)30-2)13-20(23)31-17-8-11-26-22(29)14-17/h3-4,6-8,11-15,25,27H,5,9-10H2,1-2H3,(H,26,29). The lowest BCUT2D eigenvalue weighted by Gasteiger charge is -2.39. The molecular formula is C24H25N3O4S. The number of aldehydes is 1. The number of anilines is 2. The van der Waals surface area contributed by atoms with Crippen LogP contribution in [0.3, 0.4) is 0 Å². The molecule has 0 atom stereocenters. The highest BCUT2D eigenvalue weighted by atomic mass is 32.2. The number of carbonyl (C=O) groups excluding carboxylic acids is 1. The fraction of sp³-hybridized carbons (Fsp3) is 0.250. The van der Waals surface area contributed by atoms with Gasteiger partial charge in [-0.2, -0.15) is 0 Å². The zero-order valence-electron chi connectivity index (χ0n) is 17.9. The Labute approximate surface area is 190 Å². The number of benzene rings is 2. The molecule has 0 aliphatic heterocycles. The number of pyridine rings is 1. The van der Waals surface area contributed by atoms with Gasteiger partial charge in [0.05, 0.1) is 23.1 Å². The first kappa shape index (κ1) is 21.8. The first-order valence-electron chi connectivity index (χ1n) is 10.3. The van der Waals surface area contributed by atoms with E-state index in [1.807, 2.05) is 36.4 Å². The van der Waals surface area contributed by atoms with Gasteiger partial charge in [-0.25, -0.2) is 0 Å². The summed E-state index contributed by atoms with van der Waals surface area (Å²) in [4.78, 5) is 27.3. The van der Waals surface area contributed by atoms with Gasteiger partial charge in [-0.05, 0) is 54.6 Å². The van der Waals surface area contributed by atoms with E-state index in [2.05, 4.69) is 15.0 Å². The highest BCUT2D eigenvalue weighted by Gasteiger charge is 2.41. The van der Waals surface area contributed by atoms with Crippen LogP contribution in [0.4, 0.5) is 11.4 Å². The van der Waals surface area contributed by atoms with Gasteiger partial charge < -0.3 is 29.3 Å². The Balaban J connectivity index is 1.74. The molecule has 7 nitrogen and oxygen atoms in total. The van der Waals surface area contributed by atoms with Crippen molar-refractivity contribution in [1.29, 1.82) is 0 Å². The van der Waals surface area contributed by atoms with Crippen LogP contribution in [0.1, 0.15) is 24.8 Å². The molecule has 0 spiro atoms. The highest BCUT2D eigenvalue weighted by molar-refractivity contribution is 8.00. The number of rotatable bonds is 9. The van der Waals surface area contributed by atoms with Crippen molar-refractivity contribution >= 4 is 29.6 Å². The van der Waals surface area contributed by atoms with E-state index in [4.69, 9.17) is 9.47 Å². The zero-order valence-corrected chi connectivity index (χ0v) is 18.8. The number of hydrogen-bond donors (Lipinski definition) is 3. The lowest BCUT2D eigenvalue weighted by Crippen LogP contribution is -2.36. The Morgan fingerprint density at radius 3 is 2.59 bits per heavy atom. The summed E-state index contributed by atoms with van der Waals surface area (Å²) in [6.07, 6.45) is 5.16. The second-order valence-electron chi connectivity index (χ2n) is 7.62. The number of ether oxygens (including phenoxy) is 2. The summed E-state index contributed by atoms with van der Waals surface area (Å²) < 4.78 is 14.9. The Bertz CT molecular complexity index is 1170. The molecule has 8 heteroatoms. The largest absolute Gasteiger partial charge is 0.496 e. The van der Waals surface area contributed by atoms with Crippen LogP contribution < -0.4 is 25.1 Å². The number of methoxy groups -OCH3 is 1. The highest BCUT2D eigenvalue weighted by Crippen LogP contribution is 2.49. The molecule has 1 aliphatic carbocycles. The summed E-state index contributed by atoms with van der Waals surface area (Å²) >= 11 is 1.41. The quantitative estimate of drug-likeness (QED) is 0.313. The van der Waals surface area contributed by atoms with Crippen LogP contribution in [0.2, 0.25) is 0 Å². The Morgan fingerprint density at radius 1 is 1.12 bits per heavy atom. The van der Waals surface area contributed by atoms with E-state index in [0.717, 1.165) is 53.1 Å². The fourth-order valence-corrected chi connectivity index (χ4v) is 4.59. The van der Waals surface area contributed by atoms with Crippen molar-refractivity contribution in [2.75, 3.05) is 24.2 Å². The molecule has 1 fully saturated rings. The molecule has 166 valence electrons. The minimum atomic E-state index is -0.544. The van der Waals surface area contributed by atoms with E-state index < -0.39 is 5.41 Å². The molecule has 0 radical (unpaired) electrons. The summed E-state index contributed by atoms with van der Waals surface area (Å²) in [7, 11) is 3.44. The molecule has 3 aromatic rings. The van der Waals surface area contributed by atoms with Crippen molar-refractivity contribution in [2.24, 2.45) is 0 Å². The van der Waals surface area contributed by atoms with Crippen molar-refractivity contribution in [3.8, 4) is 17.2 Å². The van der Waals surface area contributed by atoms with Crippen LogP contribution in [0, 0.1) is 0 Å². The monoisotopic (exact) mass is 451 g/mol. The molecule has 0 amide bonds. The van der Waals surface area contributed by atoms with Gasteiger partial charge in [-0.1, -0.05) is 18.6 Å². The van der Waals surface area contributed by atoms with Crippen LogP contribution in [-0.4, -0.2) is 25.4 Å². The Kier molecular flexibility index (Phi) is 6.41. The number of H-pyrrole nitrogens is 1. The van der Waals surface area contributed by atoms with E-state index in [9.17, 15) is 9.59 Å². The minimum Gasteiger partial charge on any atom is -0.496 e. The molecule has 1 heterocycles. The molecule has 3 N–H and O–H groups in total. The van der Waals surface area contributed by atoms with Gasteiger partial charge in [0.1, 0.15) is 17.8 Å². The average molecular weight is 452 g/mol. The zero-order chi connectivity index (χ0) is 22.6. The molecule has 1 aliphatic rings. The predicted molar refractivity (Wildman–Crippen MR) is 127 cm³/mol. The molecule has 0 bridgehead atoms. The molecular weight excluding hydrogens is 426 g/mol. The maximum absolute atomic E-state index is 12.1. The summed E-state index contributed by atoms with van der Waals surface area (Å²) in [5.74, 6) is 1.71. The molecule has 0 unspecified atom stereocenters. The Hall–Kier alpha value is -3.39. The molecule has 1 aromatic heterocycles. The van der Waals surface area contributed by atoms with Gasteiger partial charge in [-0.15, -0.1) is 0 Å². The number of nitrogens with one attached hydrogen (secondary N) is 3. The first-order valence-corrected chi connectivity index (χ1v) is 11.2. The number of aromatic nitrogens is 1. The summed E-state index contributed by atoms with van der Waals surface area (Å²) in [5.41, 5.74) is 1.61. The molecule has 32 heavy (non-hydrogen) atoms. The van der Waals surface area contributed by atoms with Gasteiger partial charge in [0.15, 0.2) is 5.75 Å². The van der Waals surface area contributed by atoms with E-state index in [-0.39, 0.29) is 5.56 Å². The predicted octanol–water partition coefficient (Wildman–Crippen LogP) is 4.96. The maximum atomic E-state index is 12.1. The van der Waals surface area contributed by atoms with Gasteiger partial charge >= 0.3 is 0 Å². The fourth-order valence-electron chi connectivity index (χ4n) is 3.85. The van der Waals surface area contributed by atoms with Gasteiger partial charge in [0.2, 0.25) is 0 Å². The second-order valence-corrected chi connectivity index (χ2v) is 8.47. The lowest BCUT2D eigenvalue weighted by atomic mass is 9.65.